The predicted octanol–water partition coefficient (Wildman–Crippen LogP) is -1.45. The summed E-state index contributed by atoms with van der Waals surface area (Å²) in [5.74, 6) is -3.71. The molecule has 0 aliphatic carbocycles. The Hall–Kier alpha value is -3.71. The Morgan fingerprint density at radius 1 is 0.786 bits per heavy atom. The Morgan fingerprint density at radius 2 is 1.48 bits per heavy atom. The first-order valence-electron chi connectivity index (χ1n) is 12.6. The standard InChI is InChI=1S/C26H28O16/c27-6-17-20(35)21(36)24(42-25-22(37)19(34)14(32)7-38-25)26(41-17)40-16-5-10-11(29)3-9(28)4-15(10)39-23(16)8-1-12(30)18(33)13(31)2-8/h1-5,14,17,19-22,24-27,32,34-37H,6-7H2,(H4-,28,29,30,31,33)/p+1/t14-,17-,19+,20-,21+,22-,24-,25+,26-/m1/s1. The van der Waals surface area contributed by atoms with Gasteiger partial charge < -0.3 is 75.1 Å². The van der Waals surface area contributed by atoms with E-state index in [4.69, 9.17) is 23.4 Å². The average molecular weight is 598 g/mol. The van der Waals surface area contributed by atoms with Crippen molar-refractivity contribution in [2.24, 2.45) is 0 Å². The van der Waals surface area contributed by atoms with Crippen molar-refractivity contribution in [3.05, 3.63) is 30.3 Å². The lowest BCUT2D eigenvalue weighted by molar-refractivity contribution is -0.344. The summed E-state index contributed by atoms with van der Waals surface area (Å²) < 4.78 is 28.3. The zero-order chi connectivity index (χ0) is 30.5. The molecule has 2 aromatic carbocycles. The molecule has 2 fully saturated rings. The predicted molar refractivity (Wildman–Crippen MR) is 135 cm³/mol. The van der Waals surface area contributed by atoms with E-state index in [9.17, 15) is 56.2 Å². The van der Waals surface area contributed by atoms with Gasteiger partial charge in [-0.05, 0) is 0 Å². The molecule has 0 radical (unpaired) electrons. The summed E-state index contributed by atoms with van der Waals surface area (Å²) in [7, 11) is 0. The van der Waals surface area contributed by atoms with Crippen LogP contribution < -0.4 is 4.74 Å². The lowest BCUT2D eigenvalue weighted by Crippen LogP contribution is -2.63. The molecule has 0 bridgehead atoms. The van der Waals surface area contributed by atoms with Gasteiger partial charge in [-0.25, -0.2) is 4.42 Å². The molecule has 3 aromatic rings. The molecule has 2 aliphatic heterocycles. The van der Waals surface area contributed by atoms with Gasteiger partial charge in [0.05, 0.1) is 24.8 Å². The van der Waals surface area contributed by atoms with Gasteiger partial charge in [-0.3, -0.25) is 0 Å². The molecule has 0 amide bonds. The summed E-state index contributed by atoms with van der Waals surface area (Å²) in [6, 6.07) is 5.36. The topological polar surface area (TPSA) is 271 Å². The van der Waals surface area contributed by atoms with E-state index < -0.39 is 91.5 Å². The second-order valence-electron chi connectivity index (χ2n) is 9.86. The number of ether oxygens (including phenoxy) is 4. The van der Waals surface area contributed by atoms with E-state index in [0.29, 0.717) is 0 Å². The summed E-state index contributed by atoms with van der Waals surface area (Å²) in [5.41, 5.74) is -0.174. The average Bonchev–Trinajstić information content (AvgIpc) is 2.95. The van der Waals surface area contributed by atoms with Gasteiger partial charge in [0.2, 0.25) is 12.0 Å². The highest BCUT2D eigenvalue weighted by atomic mass is 16.8. The van der Waals surface area contributed by atoms with Gasteiger partial charge in [0, 0.05) is 24.3 Å². The van der Waals surface area contributed by atoms with Crippen molar-refractivity contribution in [1.29, 1.82) is 0 Å². The highest BCUT2D eigenvalue weighted by Gasteiger charge is 2.50. The van der Waals surface area contributed by atoms with Crippen LogP contribution in [0.2, 0.25) is 0 Å². The van der Waals surface area contributed by atoms with Gasteiger partial charge >= 0.3 is 11.3 Å². The molecule has 0 saturated carbocycles. The third-order valence-corrected chi connectivity index (χ3v) is 6.96. The molecule has 11 N–H and O–H groups in total. The third-order valence-electron chi connectivity index (χ3n) is 6.96. The number of hydrogen-bond acceptors (Lipinski definition) is 15. The number of phenolic OH excluding ortho intramolecular Hbond substituents is 5. The molecule has 3 heterocycles. The van der Waals surface area contributed by atoms with Crippen molar-refractivity contribution in [3.63, 3.8) is 0 Å². The van der Waals surface area contributed by atoms with E-state index in [1.165, 1.54) is 6.07 Å². The molecular formula is C26H29O16+. The molecule has 2 saturated heterocycles. The van der Waals surface area contributed by atoms with Gasteiger partial charge in [0.1, 0.15) is 53.5 Å². The lowest BCUT2D eigenvalue weighted by atomic mass is 9.98. The fourth-order valence-electron chi connectivity index (χ4n) is 4.68. The van der Waals surface area contributed by atoms with Crippen molar-refractivity contribution >= 4 is 11.0 Å². The van der Waals surface area contributed by atoms with Crippen molar-refractivity contribution in [3.8, 4) is 45.8 Å². The largest absolute Gasteiger partial charge is 0.507 e. The molecular weight excluding hydrogens is 568 g/mol. The van der Waals surface area contributed by atoms with Crippen molar-refractivity contribution in [2.75, 3.05) is 13.2 Å². The number of phenols is 5. The van der Waals surface area contributed by atoms with Crippen LogP contribution in [-0.4, -0.2) is 125 Å². The molecule has 1 aromatic heterocycles. The molecule has 42 heavy (non-hydrogen) atoms. The van der Waals surface area contributed by atoms with Crippen LogP contribution in [0, 0.1) is 0 Å². The Labute approximate surface area is 235 Å². The van der Waals surface area contributed by atoms with Crippen LogP contribution in [0.3, 0.4) is 0 Å². The fourth-order valence-corrected chi connectivity index (χ4v) is 4.68. The highest BCUT2D eigenvalue weighted by molar-refractivity contribution is 5.88. The van der Waals surface area contributed by atoms with Gasteiger partial charge in [-0.1, -0.05) is 0 Å². The number of fused-ring (bicyclic) bond motifs is 1. The van der Waals surface area contributed by atoms with Crippen LogP contribution >= 0.6 is 0 Å². The quantitative estimate of drug-likeness (QED) is 0.115. The monoisotopic (exact) mass is 597 g/mol. The second kappa shape index (κ2) is 11.5. The molecule has 228 valence electrons. The minimum Gasteiger partial charge on any atom is -0.507 e. The SMILES string of the molecule is OC[C@H]1O[C@@H](Oc2cc3c(O)cc(O)cc3[o+]c2-c2cc(O)c(O)c(O)c2)[C@H](O[C@@H]2OC[C@@H](O)[C@H](O)[C@H]2O)[C@@H](O)[C@@H]1O. The first-order chi connectivity index (χ1) is 19.9. The molecule has 5 rings (SSSR count). The van der Waals surface area contributed by atoms with E-state index in [2.05, 4.69) is 0 Å². The first kappa shape index (κ1) is 29.8. The maximum Gasteiger partial charge on any atom is 0.402 e. The number of benzene rings is 2. The van der Waals surface area contributed by atoms with Crippen LogP contribution in [0.1, 0.15) is 0 Å². The summed E-state index contributed by atoms with van der Waals surface area (Å²) in [6.45, 7) is -1.24. The summed E-state index contributed by atoms with van der Waals surface area (Å²) in [6.07, 6.45) is -15.0. The maximum atomic E-state index is 10.9. The Bertz CT molecular complexity index is 1420. The summed E-state index contributed by atoms with van der Waals surface area (Å²) in [5, 5.41) is 112. The smallest absolute Gasteiger partial charge is 0.402 e. The van der Waals surface area contributed by atoms with Crippen LogP contribution in [0.4, 0.5) is 0 Å². The Balaban J connectivity index is 1.59. The third kappa shape index (κ3) is 5.42. The fraction of sp³-hybridized carbons (Fsp3) is 0.423. The number of aromatic hydroxyl groups is 5. The highest BCUT2D eigenvalue weighted by Crippen LogP contribution is 2.45. The zero-order valence-corrected chi connectivity index (χ0v) is 21.5. The molecule has 0 spiro atoms. The Kier molecular flexibility index (Phi) is 8.17. The molecule has 0 unspecified atom stereocenters. The normalized spacial score (nSPS) is 31.7. The van der Waals surface area contributed by atoms with Crippen LogP contribution in [0.25, 0.3) is 22.3 Å². The minimum atomic E-state index is -1.84. The molecule has 16 nitrogen and oxygen atoms in total. The van der Waals surface area contributed by atoms with Crippen molar-refractivity contribution in [1.82, 2.24) is 0 Å². The number of aliphatic hydroxyl groups excluding tert-OH is 6. The van der Waals surface area contributed by atoms with E-state index in [1.54, 1.807) is 0 Å². The maximum absolute atomic E-state index is 10.9. The van der Waals surface area contributed by atoms with Crippen LogP contribution in [-0.2, 0) is 14.2 Å². The lowest BCUT2D eigenvalue weighted by Gasteiger charge is -2.44. The van der Waals surface area contributed by atoms with Gasteiger partial charge in [-0.15, -0.1) is 0 Å². The van der Waals surface area contributed by atoms with Gasteiger partial charge in [-0.2, -0.15) is 0 Å². The second-order valence-corrected chi connectivity index (χ2v) is 9.86. The molecule has 2 aliphatic rings. The number of hydrogen-bond donors (Lipinski definition) is 11. The van der Waals surface area contributed by atoms with E-state index >= 15 is 0 Å². The van der Waals surface area contributed by atoms with E-state index in [1.807, 2.05) is 0 Å². The first-order valence-corrected chi connectivity index (χ1v) is 12.6. The van der Waals surface area contributed by atoms with Crippen LogP contribution in [0.5, 0.6) is 34.5 Å². The summed E-state index contributed by atoms with van der Waals surface area (Å²) >= 11 is 0. The number of aliphatic hydroxyl groups is 6. The molecule has 16 heteroatoms. The molecule has 9 atom stereocenters. The van der Waals surface area contributed by atoms with E-state index in [0.717, 1.165) is 24.3 Å². The number of rotatable bonds is 6. The van der Waals surface area contributed by atoms with Crippen LogP contribution in [0.15, 0.2) is 34.7 Å². The van der Waals surface area contributed by atoms with Gasteiger partial charge in [0.15, 0.2) is 29.6 Å². The Morgan fingerprint density at radius 3 is 2.14 bits per heavy atom. The minimum absolute atomic E-state index is 0.00510. The van der Waals surface area contributed by atoms with E-state index in [-0.39, 0.29) is 33.8 Å². The van der Waals surface area contributed by atoms with Crippen molar-refractivity contribution < 1.29 is 79.5 Å². The van der Waals surface area contributed by atoms with Gasteiger partial charge in [0.25, 0.3) is 0 Å². The van der Waals surface area contributed by atoms with Crippen molar-refractivity contribution in [2.45, 2.75) is 55.3 Å². The summed E-state index contributed by atoms with van der Waals surface area (Å²) in [4.78, 5) is 0. The zero-order valence-electron chi connectivity index (χ0n) is 21.5.